The molecule has 2 unspecified atom stereocenters. The van der Waals surface area contributed by atoms with Crippen molar-refractivity contribution in [3.05, 3.63) is 87.5 Å². The van der Waals surface area contributed by atoms with Crippen molar-refractivity contribution >= 4 is 114 Å². The van der Waals surface area contributed by atoms with E-state index in [1.165, 1.54) is 3.57 Å². The monoisotopic (exact) mass is 1970 g/mol. The molecule has 4 amide bonds. The van der Waals surface area contributed by atoms with Gasteiger partial charge in [0, 0.05) is 68.0 Å². The molecule has 0 aliphatic rings. The fourth-order valence-electron chi connectivity index (χ4n) is 11.5. The lowest BCUT2D eigenvalue weighted by Gasteiger charge is -2.34. The zero-order chi connectivity index (χ0) is 102. The second-order valence-electron chi connectivity index (χ2n) is 31.9. The summed E-state index contributed by atoms with van der Waals surface area (Å²) < 4.78 is 42.9. The standard InChI is InChI=1S/C43H74N4O9.C24H47N3O4.C19H28INO5.6CO2/c1-12-26-44(27-13-2)28-30-46(31-29-45(33-38(48)52-15-4)34-39(49)53-16-5)37(14-3)21-17-19-35-22-24-36(25-23-35)20-18-32-54-47(40(50)55-42(6,7)8)41(51)56-43(9,10)11;1-7-13-22(10-4)27(18-16-25(14-8-2)15-9-3)19-17-26(20-23(28)30-11-5)21-24(29)31-12-6;1-18(2,3)25-16(22)21(17(23)26-19(4,5)6)24-13-7-8-14-9-11-15(20)12-10-14;6*2-1-3/h17,19,22-25,37H,12-16,18,20-21,26-34H2,1-11H3;7,22H,1,8-21H2,2-6H3;9-12H,7-8,13H2,1-6H3;;;;;;/b19-17+;;;;;;;;. The molecule has 744 valence electrons. The molecule has 2 rings (SSSR count). The summed E-state index contributed by atoms with van der Waals surface area (Å²) in [5.74, 6) is -1.32. The van der Waals surface area contributed by atoms with Gasteiger partial charge in [-0.2, -0.15) is 57.5 Å². The van der Waals surface area contributed by atoms with Gasteiger partial charge < -0.3 is 47.7 Å². The van der Waals surface area contributed by atoms with Gasteiger partial charge in [0.15, 0.2) is 0 Å². The number of ether oxygens (including phenoxy) is 8. The third kappa shape index (κ3) is 84.0. The van der Waals surface area contributed by atoms with Crippen LogP contribution < -0.4 is 0 Å². The topological polar surface area (TPSA) is 460 Å². The summed E-state index contributed by atoms with van der Waals surface area (Å²) >= 11 is 2.25. The van der Waals surface area contributed by atoms with Crippen molar-refractivity contribution in [1.29, 1.82) is 0 Å². The van der Waals surface area contributed by atoms with Gasteiger partial charge >= 0.3 is 85.2 Å². The number of benzene rings is 2. The predicted octanol–water partition coefficient (Wildman–Crippen LogP) is 12.8. The minimum atomic E-state index is -0.920. The van der Waals surface area contributed by atoms with Crippen molar-refractivity contribution in [2.75, 3.05) is 144 Å². The maximum Gasteiger partial charge on any atom is 0.444 e. The number of rotatable bonds is 51. The maximum atomic E-state index is 12.7. The number of imide groups is 2. The zero-order valence-corrected chi connectivity index (χ0v) is 83.6. The van der Waals surface area contributed by atoms with Crippen molar-refractivity contribution in [2.45, 2.75) is 264 Å². The molecule has 0 aliphatic heterocycles. The number of carbonyl (C=O) groups excluding carboxylic acids is 20. The van der Waals surface area contributed by atoms with Gasteiger partial charge in [-0.3, -0.25) is 48.5 Å². The minimum absolute atomic E-state index is 0.0363. The van der Waals surface area contributed by atoms with Gasteiger partial charge in [-0.1, -0.05) is 106 Å². The van der Waals surface area contributed by atoms with Crippen LogP contribution in [0.25, 0.3) is 6.08 Å². The van der Waals surface area contributed by atoms with E-state index in [9.17, 15) is 38.4 Å². The highest BCUT2D eigenvalue weighted by molar-refractivity contribution is 14.1. The highest BCUT2D eigenvalue weighted by atomic mass is 127. The van der Waals surface area contributed by atoms with Crippen molar-refractivity contribution in [3.8, 4) is 0 Å². The lowest BCUT2D eigenvalue weighted by atomic mass is 10.1. The average Bonchev–Trinajstić information content (AvgIpc) is 0.861. The van der Waals surface area contributed by atoms with Crippen molar-refractivity contribution < 1.29 is 143 Å². The van der Waals surface area contributed by atoms with E-state index in [1.807, 2.05) is 40.1 Å². The number of aryl methyl sites for hydroxylation is 2. The first-order valence-electron chi connectivity index (χ1n) is 43.6. The van der Waals surface area contributed by atoms with Crippen LogP contribution in [-0.4, -0.2) is 304 Å². The lowest BCUT2D eigenvalue weighted by Crippen LogP contribution is -2.46. The van der Waals surface area contributed by atoms with Crippen LogP contribution in [0.1, 0.15) is 233 Å². The van der Waals surface area contributed by atoms with Gasteiger partial charge in [-0.05, 0) is 265 Å². The fourth-order valence-corrected chi connectivity index (χ4v) is 11.9. The fraction of sp³-hybridized carbons (Fsp3) is 0.674. The van der Waals surface area contributed by atoms with E-state index in [1.54, 1.807) is 111 Å². The maximum absolute atomic E-state index is 12.7. The predicted molar refractivity (Wildman–Crippen MR) is 486 cm³/mol. The van der Waals surface area contributed by atoms with E-state index in [0.717, 1.165) is 133 Å². The third-order valence-electron chi connectivity index (χ3n) is 16.5. The summed E-state index contributed by atoms with van der Waals surface area (Å²) in [6, 6.07) is 17.1. The summed E-state index contributed by atoms with van der Waals surface area (Å²) in [4.78, 5) is 221. The molecule has 2 atom stereocenters. The molecular formula is C92H149IN8O30. The number of hydroxylamine groups is 4. The van der Waals surface area contributed by atoms with Gasteiger partial charge in [0.1, 0.15) is 22.4 Å². The SMILES string of the molecule is C=CCC(CC)N(CCN(CCC)CCC)CCN(CC(=O)OCC)CC(=O)OCC.CC(C)(C)OC(=O)N(OCCCc1ccc(I)cc1)C(=O)OC(C)(C)C.CCCN(CCC)CCN(CCN(CC(=O)OCC)CC(=O)OCC)C(CC)C/C=C/c1ccc(CCCON(C(=O)OC(C)(C)C)C(=O)OC(C)(C)C)cc1.O=C=O.O=C=O.O=C=O.O=C=O.O=C=O.O=C=O. The number of esters is 4. The first-order chi connectivity index (χ1) is 61.7. The van der Waals surface area contributed by atoms with Crippen LogP contribution >= 0.6 is 22.6 Å². The minimum Gasteiger partial charge on any atom is -0.465 e. The van der Waals surface area contributed by atoms with E-state index >= 15 is 0 Å². The number of nitrogens with zero attached hydrogens (tertiary/aromatic N) is 8. The molecule has 0 aliphatic carbocycles. The molecule has 2 aromatic carbocycles. The highest BCUT2D eigenvalue weighted by Crippen LogP contribution is 2.21. The van der Waals surface area contributed by atoms with Gasteiger partial charge in [-0.25, -0.2) is 19.2 Å². The number of hydrogen-bond donors (Lipinski definition) is 0. The molecule has 0 saturated carbocycles. The Morgan fingerprint density at radius 3 is 0.832 bits per heavy atom. The van der Waals surface area contributed by atoms with Crippen LogP contribution in [0.3, 0.4) is 0 Å². The number of carbonyl (C=O) groups is 8. The van der Waals surface area contributed by atoms with E-state index in [2.05, 4.69) is 127 Å². The Morgan fingerprint density at radius 2 is 0.603 bits per heavy atom. The second kappa shape index (κ2) is 85.4. The Balaban J connectivity index is -0.000000344. The first-order valence-corrected chi connectivity index (χ1v) is 44.7. The van der Waals surface area contributed by atoms with Crippen LogP contribution in [0.5, 0.6) is 0 Å². The molecule has 2 aromatic rings. The third-order valence-corrected chi connectivity index (χ3v) is 17.2. The molecule has 0 saturated heterocycles. The molecule has 0 aromatic heterocycles. The Labute approximate surface area is 788 Å². The summed E-state index contributed by atoms with van der Waals surface area (Å²) in [5, 5.41) is 1.12. The molecule has 131 heavy (non-hydrogen) atoms. The number of hydrogen-bond acceptors (Lipinski definition) is 36. The largest absolute Gasteiger partial charge is 0.465 e. The molecule has 0 N–H and O–H groups in total. The van der Waals surface area contributed by atoms with E-state index in [-0.39, 0.29) is 106 Å². The molecule has 0 radical (unpaired) electrons. The lowest BCUT2D eigenvalue weighted by molar-refractivity contribution is -0.193. The molecule has 0 bridgehead atoms. The average molecular weight is 1970 g/mol. The van der Waals surface area contributed by atoms with Crippen LogP contribution in [0, 0.1) is 3.57 Å². The van der Waals surface area contributed by atoms with Gasteiger partial charge in [0.05, 0.1) is 65.8 Å². The van der Waals surface area contributed by atoms with E-state index < -0.39 is 46.8 Å². The summed E-state index contributed by atoms with van der Waals surface area (Å²) in [5.41, 5.74) is 0.236. The Hall–Kier alpha value is -10.0. The summed E-state index contributed by atoms with van der Waals surface area (Å²) in [7, 11) is 0. The van der Waals surface area contributed by atoms with Crippen LogP contribution in [0.2, 0.25) is 0 Å². The van der Waals surface area contributed by atoms with Gasteiger partial charge in [0.25, 0.3) is 0 Å². The Morgan fingerprint density at radius 1 is 0.359 bits per heavy atom. The van der Waals surface area contributed by atoms with Gasteiger partial charge in [-0.15, -0.1) is 6.58 Å². The summed E-state index contributed by atoms with van der Waals surface area (Å²) in [6.07, 6.45) is 15.1. The second-order valence-corrected chi connectivity index (χ2v) is 33.2. The molecule has 0 spiro atoms. The quantitative estimate of drug-likeness (QED) is 0.0148. The van der Waals surface area contributed by atoms with Crippen molar-refractivity contribution in [1.82, 2.24) is 39.5 Å². The van der Waals surface area contributed by atoms with E-state index in [0.29, 0.717) is 81.5 Å². The molecule has 38 nitrogen and oxygen atoms in total. The Bertz CT molecular complexity index is 3420. The van der Waals surface area contributed by atoms with Crippen molar-refractivity contribution in [2.24, 2.45) is 0 Å². The zero-order valence-electron chi connectivity index (χ0n) is 81.5. The molecule has 0 fully saturated rings. The van der Waals surface area contributed by atoms with Crippen LogP contribution in [-0.2, 0) is 137 Å². The molecule has 0 heterocycles. The van der Waals surface area contributed by atoms with Crippen molar-refractivity contribution in [3.63, 3.8) is 0 Å². The molecular weight excluding hydrogens is 1820 g/mol. The van der Waals surface area contributed by atoms with Crippen LogP contribution in [0.4, 0.5) is 19.2 Å². The van der Waals surface area contributed by atoms with Gasteiger partial charge in [0.2, 0.25) is 0 Å². The first kappa shape index (κ1) is 134. The number of halogens is 1. The highest BCUT2D eigenvalue weighted by Gasteiger charge is 2.35. The van der Waals surface area contributed by atoms with E-state index in [4.69, 9.17) is 105 Å². The summed E-state index contributed by atoms with van der Waals surface area (Å²) in [6.45, 7) is 57.5. The number of amides is 4. The smallest absolute Gasteiger partial charge is 0.444 e. The normalized spacial score (nSPS) is 11.1. The Kier molecular flexibility index (Phi) is 87.4. The molecule has 39 heteroatoms. The van der Waals surface area contributed by atoms with Crippen LogP contribution in [0.15, 0.2) is 67.3 Å².